The fourth-order valence-electron chi connectivity index (χ4n) is 8.36. The summed E-state index contributed by atoms with van der Waals surface area (Å²) in [6.07, 6.45) is 73.7. The number of hydrogen-bond acceptors (Lipinski definition) is 8. The molecule has 0 aromatic heterocycles. The van der Waals surface area contributed by atoms with Gasteiger partial charge in [0.1, 0.15) is 24.4 Å². The van der Waals surface area contributed by atoms with Crippen molar-refractivity contribution in [2.45, 2.75) is 256 Å². The summed E-state index contributed by atoms with van der Waals surface area (Å²) in [6, 6.07) is -0.822. The van der Waals surface area contributed by atoms with Crippen molar-refractivity contribution in [3.63, 3.8) is 0 Å². The number of ether oxygens (including phenoxy) is 2. The van der Waals surface area contributed by atoms with Crippen LogP contribution in [0.1, 0.15) is 213 Å². The molecule has 1 heterocycles. The summed E-state index contributed by atoms with van der Waals surface area (Å²) in [5.41, 5.74) is 0. The molecule has 1 saturated heterocycles. The summed E-state index contributed by atoms with van der Waals surface area (Å²) in [5.74, 6) is -0.198. The van der Waals surface area contributed by atoms with Gasteiger partial charge in [-0.15, -0.1) is 0 Å². The zero-order valence-corrected chi connectivity index (χ0v) is 46.5. The van der Waals surface area contributed by atoms with E-state index < -0.39 is 49.5 Å². The summed E-state index contributed by atoms with van der Waals surface area (Å²) < 4.78 is 11.2. The number of carbonyl (C=O) groups is 1. The molecule has 7 unspecified atom stereocenters. The van der Waals surface area contributed by atoms with Crippen LogP contribution in [-0.2, 0) is 14.3 Å². The number of amides is 1. The van der Waals surface area contributed by atoms with Crippen LogP contribution >= 0.6 is 0 Å². The van der Waals surface area contributed by atoms with Crippen molar-refractivity contribution in [3.05, 3.63) is 134 Å². The van der Waals surface area contributed by atoms with Gasteiger partial charge in [-0.05, 0) is 96.3 Å². The maximum absolute atomic E-state index is 13.0. The van der Waals surface area contributed by atoms with E-state index in [9.17, 15) is 30.3 Å². The van der Waals surface area contributed by atoms with Crippen LogP contribution in [0.3, 0.4) is 0 Å². The first-order chi connectivity index (χ1) is 36.3. The molecular formula is C65H107NO8. The Bertz CT molecular complexity index is 1620. The van der Waals surface area contributed by atoms with E-state index in [0.717, 1.165) is 128 Å². The number of carbonyl (C=O) groups excluding carboxylic acids is 1. The van der Waals surface area contributed by atoms with E-state index >= 15 is 0 Å². The normalized spacial score (nSPS) is 20.0. The lowest BCUT2D eigenvalue weighted by Gasteiger charge is -2.40. The second-order valence-electron chi connectivity index (χ2n) is 19.7. The number of hydrogen-bond donors (Lipinski definition) is 6. The molecule has 6 N–H and O–H groups in total. The molecule has 74 heavy (non-hydrogen) atoms. The van der Waals surface area contributed by atoms with E-state index in [1.165, 1.54) is 64.2 Å². The fourth-order valence-corrected chi connectivity index (χ4v) is 8.36. The average Bonchev–Trinajstić information content (AvgIpc) is 3.40. The molecule has 0 bridgehead atoms. The molecule has 0 saturated carbocycles. The largest absolute Gasteiger partial charge is 0.394 e. The van der Waals surface area contributed by atoms with Gasteiger partial charge in [0.25, 0.3) is 0 Å². The summed E-state index contributed by atoms with van der Waals surface area (Å²) >= 11 is 0. The monoisotopic (exact) mass is 1030 g/mol. The molecule has 0 aliphatic carbocycles. The highest BCUT2D eigenvalue weighted by atomic mass is 16.7. The second kappa shape index (κ2) is 52.8. The van der Waals surface area contributed by atoms with Crippen molar-refractivity contribution in [1.82, 2.24) is 5.32 Å². The van der Waals surface area contributed by atoms with Crippen LogP contribution in [0.2, 0.25) is 0 Å². The quantitative estimate of drug-likeness (QED) is 0.0261. The third kappa shape index (κ3) is 41.6. The molecule has 9 nitrogen and oxygen atoms in total. The maximum atomic E-state index is 13.0. The van der Waals surface area contributed by atoms with Crippen molar-refractivity contribution in [2.75, 3.05) is 13.2 Å². The molecular weight excluding hydrogens is 923 g/mol. The Balaban J connectivity index is 2.20. The first-order valence-electron chi connectivity index (χ1n) is 29.4. The highest BCUT2D eigenvalue weighted by molar-refractivity contribution is 5.76. The third-order valence-corrected chi connectivity index (χ3v) is 13.0. The SMILES string of the molecule is CC/C=C\C/C=C\C/C=C\C/C=C\C/C=C\C/C=C\C/C=C\C/C=C\C/C=C\C/C=C\CCCCCCCCC(=O)NC(COC1OC(CO)C(O)C(O)C1O)C(O)/C=C/CCCCCCCCCCCCCC. The van der Waals surface area contributed by atoms with E-state index in [0.29, 0.717) is 6.42 Å². The molecule has 420 valence electrons. The van der Waals surface area contributed by atoms with Crippen LogP contribution in [0.5, 0.6) is 0 Å². The van der Waals surface area contributed by atoms with Gasteiger partial charge < -0.3 is 40.3 Å². The second-order valence-corrected chi connectivity index (χ2v) is 19.7. The van der Waals surface area contributed by atoms with Gasteiger partial charge in [0.2, 0.25) is 5.91 Å². The van der Waals surface area contributed by atoms with Crippen molar-refractivity contribution >= 4 is 5.91 Å². The third-order valence-electron chi connectivity index (χ3n) is 13.0. The first kappa shape index (κ1) is 68.3. The van der Waals surface area contributed by atoms with Crippen LogP contribution in [0, 0.1) is 0 Å². The van der Waals surface area contributed by atoms with Crippen LogP contribution < -0.4 is 5.32 Å². The zero-order chi connectivity index (χ0) is 53.6. The molecule has 1 fully saturated rings. The first-order valence-corrected chi connectivity index (χ1v) is 29.4. The number of aliphatic hydroxyl groups excluding tert-OH is 5. The smallest absolute Gasteiger partial charge is 0.220 e. The molecule has 1 aliphatic rings. The Labute approximate surface area is 451 Å². The molecule has 0 aromatic carbocycles. The molecule has 9 heteroatoms. The highest BCUT2D eigenvalue weighted by Gasteiger charge is 2.44. The lowest BCUT2D eigenvalue weighted by atomic mass is 9.99. The van der Waals surface area contributed by atoms with Crippen LogP contribution in [0.25, 0.3) is 0 Å². The Hall–Kier alpha value is -3.67. The Morgan fingerprint density at radius 2 is 0.838 bits per heavy atom. The topological polar surface area (TPSA) is 149 Å². The minimum absolute atomic E-state index is 0.198. The zero-order valence-electron chi connectivity index (χ0n) is 46.5. The molecule has 0 radical (unpaired) electrons. The summed E-state index contributed by atoms with van der Waals surface area (Å²) in [4.78, 5) is 13.0. The molecule has 7 atom stereocenters. The number of nitrogens with one attached hydrogen (secondary N) is 1. The van der Waals surface area contributed by atoms with Gasteiger partial charge in [-0.2, -0.15) is 0 Å². The molecule has 1 amide bonds. The van der Waals surface area contributed by atoms with Crippen molar-refractivity contribution < 1.29 is 39.8 Å². The molecule has 0 spiro atoms. The van der Waals surface area contributed by atoms with Gasteiger partial charge in [-0.1, -0.05) is 244 Å². The Morgan fingerprint density at radius 3 is 1.24 bits per heavy atom. The fraction of sp³-hybridized carbons (Fsp3) is 0.646. The standard InChI is InChI=1S/C65H107NO8/c1-3-5-7-9-11-13-15-17-19-20-21-22-23-24-25-26-27-28-29-30-31-32-33-34-35-36-37-38-39-40-41-43-45-47-49-51-53-55-61(69)66-58(57-73-65-64(72)63(71)62(70)60(56-67)74-65)59(68)54-52-50-48-46-44-42-18-16-14-12-10-8-6-4-2/h5,7,11,13,17,19,21-22,24-25,27-28,30-31,33-34,36-37,39-40,52,54,58-60,62-65,67-68,70-72H,3-4,6,8-10,12,14-16,18,20,23,26,29,32,35,38,41-51,53,55-57H2,1-2H3,(H,66,69)/b7-5-,13-11-,19-17-,22-21-,25-24-,28-27-,31-30-,34-33-,37-36-,40-39-,54-52+. The lowest BCUT2D eigenvalue weighted by molar-refractivity contribution is -0.302. The number of unbranched alkanes of at least 4 members (excludes halogenated alkanes) is 18. The lowest BCUT2D eigenvalue weighted by Crippen LogP contribution is -2.60. The summed E-state index contributed by atoms with van der Waals surface area (Å²) in [6.45, 7) is 3.64. The van der Waals surface area contributed by atoms with Crippen LogP contribution in [0.4, 0.5) is 0 Å². The molecule has 1 aliphatic heterocycles. The van der Waals surface area contributed by atoms with Crippen LogP contribution in [0.15, 0.2) is 134 Å². The van der Waals surface area contributed by atoms with Gasteiger partial charge in [-0.25, -0.2) is 0 Å². The number of allylic oxidation sites excluding steroid dienone is 21. The van der Waals surface area contributed by atoms with Crippen LogP contribution in [-0.4, -0.2) is 87.5 Å². The highest BCUT2D eigenvalue weighted by Crippen LogP contribution is 2.23. The molecule has 0 aromatic rings. The van der Waals surface area contributed by atoms with Gasteiger partial charge in [0, 0.05) is 6.42 Å². The predicted octanol–water partition coefficient (Wildman–Crippen LogP) is 14.9. The summed E-state index contributed by atoms with van der Waals surface area (Å²) in [7, 11) is 0. The number of aliphatic hydroxyl groups is 5. The molecule has 1 rings (SSSR count). The minimum atomic E-state index is -1.58. The van der Waals surface area contributed by atoms with E-state index in [2.05, 4.69) is 141 Å². The van der Waals surface area contributed by atoms with Crippen molar-refractivity contribution in [2.24, 2.45) is 0 Å². The minimum Gasteiger partial charge on any atom is -0.394 e. The summed E-state index contributed by atoms with van der Waals surface area (Å²) in [5, 5.41) is 54.4. The van der Waals surface area contributed by atoms with E-state index in [4.69, 9.17) is 9.47 Å². The van der Waals surface area contributed by atoms with Crippen molar-refractivity contribution in [3.8, 4) is 0 Å². The van der Waals surface area contributed by atoms with Gasteiger partial charge in [0.05, 0.1) is 25.4 Å². The van der Waals surface area contributed by atoms with Gasteiger partial charge in [-0.3, -0.25) is 4.79 Å². The predicted molar refractivity (Wildman–Crippen MR) is 313 cm³/mol. The maximum Gasteiger partial charge on any atom is 0.220 e. The average molecular weight is 1030 g/mol. The van der Waals surface area contributed by atoms with Gasteiger partial charge in [0.15, 0.2) is 6.29 Å². The van der Waals surface area contributed by atoms with E-state index in [-0.39, 0.29) is 12.5 Å². The Kier molecular flexibility index (Phi) is 48.7. The van der Waals surface area contributed by atoms with E-state index in [1.807, 2.05) is 6.08 Å². The van der Waals surface area contributed by atoms with Crippen molar-refractivity contribution in [1.29, 1.82) is 0 Å². The van der Waals surface area contributed by atoms with Gasteiger partial charge >= 0.3 is 0 Å². The van der Waals surface area contributed by atoms with E-state index in [1.54, 1.807) is 6.08 Å². The number of rotatable bonds is 48. The Morgan fingerprint density at radius 1 is 0.473 bits per heavy atom.